The predicted octanol–water partition coefficient (Wildman–Crippen LogP) is 5.94. The van der Waals surface area contributed by atoms with Crippen LogP contribution in [-0.4, -0.2) is 30.2 Å². The molecule has 0 radical (unpaired) electrons. The van der Waals surface area contributed by atoms with E-state index in [9.17, 15) is 0 Å². The van der Waals surface area contributed by atoms with Crippen molar-refractivity contribution in [2.24, 2.45) is 0 Å². The predicted molar refractivity (Wildman–Crippen MR) is 93.6 cm³/mol. The largest absolute Gasteiger partial charge is 0.344 e. The van der Waals surface area contributed by atoms with Gasteiger partial charge < -0.3 is 10.6 Å². The Bertz CT molecular complexity index is 170. The van der Waals surface area contributed by atoms with Crippen LogP contribution in [0.3, 0.4) is 0 Å². The molecule has 0 aromatic rings. The summed E-state index contributed by atoms with van der Waals surface area (Å²) in [7, 11) is 0. The second-order valence-electron chi connectivity index (χ2n) is 6.30. The van der Waals surface area contributed by atoms with Crippen molar-refractivity contribution in [2.75, 3.05) is 19.6 Å². The van der Waals surface area contributed by atoms with E-state index in [-0.39, 0.29) is 6.15 Å². The average Bonchev–Trinajstić information content (AvgIpc) is 2.44. The summed E-state index contributed by atoms with van der Waals surface area (Å²) in [6, 6.07) is 0.912. The van der Waals surface area contributed by atoms with Gasteiger partial charge in [-0.3, -0.25) is 0 Å². The lowest BCUT2D eigenvalue weighted by molar-refractivity contribution is -0.952. The van der Waals surface area contributed by atoms with Crippen LogP contribution in [0.15, 0.2) is 0 Å². The molecule has 0 rings (SSSR count). The van der Waals surface area contributed by atoms with Gasteiger partial charge in [-0.15, -0.1) is 0 Å². The summed E-state index contributed by atoms with van der Waals surface area (Å²) >= 11 is 0. The van der Waals surface area contributed by atoms with E-state index in [1.165, 1.54) is 81.9 Å². The Morgan fingerprint density at radius 2 is 1.05 bits per heavy atom. The van der Waals surface area contributed by atoms with Crippen molar-refractivity contribution in [3.05, 3.63) is 0 Å². The SMILES string of the molecule is CCCC[N+](CCCC)(CCCC)C(CC)CCC.N. The molecule has 0 bridgehead atoms. The van der Waals surface area contributed by atoms with Gasteiger partial charge in [0.2, 0.25) is 0 Å². The number of hydrogen-bond acceptors (Lipinski definition) is 1. The molecule has 0 aromatic heterocycles. The molecule has 0 fully saturated rings. The van der Waals surface area contributed by atoms with Crippen LogP contribution >= 0.6 is 0 Å². The Labute approximate surface area is 129 Å². The number of nitrogens with zero attached hydrogens (tertiary/aromatic N) is 1. The highest BCUT2D eigenvalue weighted by atomic mass is 15.4. The molecule has 0 saturated heterocycles. The van der Waals surface area contributed by atoms with Gasteiger partial charge in [0.1, 0.15) is 0 Å². The molecule has 0 amide bonds. The highest BCUT2D eigenvalue weighted by Gasteiger charge is 2.33. The van der Waals surface area contributed by atoms with Crippen LogP contribution in [0.25, 0.3) is 0 Å². The van der Waals surface area contributed by atoms with E-state index in [4.69, 9.17) is 0 Å². The molecule has 0 saturated carbocycles. The van der Waals surface area contributed by atoms with Crippen LogP contribution in [0.5, 0.6) is 0 Å². The second-order valence-corrected chi connectivity index (χ2v) is 6.30. The Morgan fingerprint density at radius 1 is 0.650 bits per heavy atom. The number of hydrogen-bond donors (Lipinski definition) is 1. The molecule has 20 heavy (non-hydrogen) atoms. The minimum Gasteiger partial charge on any atom is -0.344 e. The van der Waals surface area contributed by atoms with Gasteiger partial charge in [-0.1, -0.05) is 60.3 Å². The number of unbranched alkanes of at least 4 members (excludes halogenated alkanes) is 3. The first-order chi connectivity index (χ1) is 9.20. The molecule has 124 valence electrons. The van der Waals surface area contributed by atoms with Crippen molar-refractivity contribution >= 4 is 0 Å². The topological polar surface area (TPSA) is 35.0 Å². The van der Waals surface area contributed by atoms with E-state index in [2.05, 4.69) is 34.6 Å². The molecule has 2 heteroatoms. The fraction of sp³-hybridized carbons (Fsp3) is 1.00. The van der Waals surface area contributed by atoms with Crippen LogP contribution < -0.4 is 6.15 Å². The zero-order valence-electron chi connectivity index (χ0n) is 15.2. The molecule has 1 atom stereocenters. The Kier molecular flexibility index (Phi) is 15.4. The van der Waals surface area contributed by atoms with Gasteiger partial charge in [0.15, 0.2) is 0 Å². The van der Waals surface area contributed by atoms with E-state index in [1.807, 2.05) is 0 Å². The molecule has 2 nitrogen and oxygen atoms in total. The first-order valence-corrected chi connectivity index (χ1v) is 9.06. The van der Waals surface area contributed by atoms with Crippen molar-refractivity contribution in [3.8, 4) is 0 Å². The number of rotatable bonds is 13. The molecule has 3 N–H and O–H groups in total. The van der Waals surface area contributed by atoms with Crippen LogP contribution in [0.4, 0.5) is 0 Å². The minimum absolute atomic E-state index is 0. The third kappa shape index (κ3) is 7.64. The van der Waals surface area contributed by atoms with Crippen molar-refractivity contribution in [2.45, 2.75) is 98.4 Å². The summed E-state index contributed by atoms with van der Waals surface area (Å²) in [5.74, 6) is 0. The standard InChI is InChI=1S/C18H40N.H3N/c1-6-11-15-19(16-12-7-2,17-13-8-3)18(10-5)14-9-4;/h18H,6-17H2,1-5H3;1H3/q+1;. The normalized spacial score (nSPS) is 13.1. The molecule has 0 spiro atoms. The monoisotopic (exact) mass is 287 g/mol. The van der Waals surface area contributed by atoms with Gasteiger partial charge in [0, 0.05) is 0 Å². The van der Waals surface area contributed by atoms with Crippen molar-refractivity contribution in [1.82, 2.24) is 6.15 Å². The van der Waals surface area contributed by atoms with Crippen LogP contribution in [0, 0.1) is 0 Å². The summed E-state index contributed by atoms with van der Waals surface area (Å²) in [5, 5.41) is 0. The first-order valence-electron chi connectivity index (χ1n) is 9.06. The quantitative estimate of drug-likeness (QED) is 0.418. The van der Waals surface area contributed by atoms with Crippen molar-refractivity contribution < 1.29 is 4.48 Å². The molecular formula is C18H43N2+. The van der Waals surface area contributed by atoms with E-state index in [0.717, 1.165) is 6.04 Å². The highest BCUT2D eigenvalue weighted by Crippen LogP contribution is 2.25. The molecule has 0 aliphatic heterocycles. The third-order valence-corrected chi connectivity index (χ3v) is 4.74. The summed E-state index contributed by atoms with van der Waals surface area (Å²) in [6.45, 7) is 16.1. The van der Waals surface area contributed by atoms with E-state index >= 15 is 0 Å². The van der Waals surface area contributed by atoms with Crippen LogP contribution in [0.1, 0.15) is 92.4 Å². The lowest BCUT2D eigenvalue weighted by Crippen LogP contribution is -2.56. The zero-order chi connectivity index (χ0) is 14.6. The van der Waals surface area contributed by atoms with Crippen LogP contribution in [0.2, 0.25) is 0 Å². The van der Waals surface area contributed by atoms with E-state index in [1.54, 1.807) is 0 Å². The highest BCUT2D eigenvalue weighted by molar-refractivity contribution is 4.61. The van der Waals surface area contributed by atoms with Gasteiger partial charge in [-0.2, -0.15) is 0 Å². The molecule has 0 aliphatic carbocycles. The Morgan fingerprint density at radius 3 is 1.30 bits per heavy atom. The fourth-order valence-electron chi connectivity index (χ4n) is 3.50. The van der Waals surface area contributed by atoms with Gasteiger partial charge in [0.25, 0.3) is 0 Å². The van der Waals surface area contributed by atoms with Gasteiger partial charge in [-0.05, 0) is 32.1 Å². The molecule has 0 heterocycles. The smallest absolute Gasteiger partial charge is 0.0887 e. The first kappa shape index (κ1) is 22.2. The minimum atomic E-state index is 0. The van der Waals surface area contributed by atoms with Crippen LogP contribution in [-0.2, 0) is 0 Å². The van der Waals surface area contributed by atoms with E-state index in [0.29, 0.717) is 0 Å². The maximum atomic E-state index is 2.41. The van der Waals surface area contributed by atoms with Gasteiger partial charge in [0.05, 0.1) is 25.7 Å². The lowest BCUT2D eigenvalue weighted by atomic mass is 10.0. The molecule has 0 aromatic carbocycles. The second kappa shape index (κ2) is 13.9. The third-order valence-electron chi connectivity index (χ3n) is 4.74. The summed E-state index contributed by atoms with van der Waals surface area (Å²) in [4.78, 5) is 0. The van der Waals surface area contributed by atoms with Gasteiger partial charge >= 0.3 is 0 Å². The number of quaternary nitrogens is 1. The molecule has 1 unspecified atom stereocenters. The lowest BCUT2D eigenvalue weighted by Gasteiger charge is -2.45. The Hall–Kier alpha value is -0.0800. The maximum absolute atomic E-state index is 2.41. The van der Waals surface area contributed by atoms with E-state index < -0.39 is 0 Å². The summed E-state index contributed by atoms with van der Waals surface area (Å²) < 4.78 is 1.43. The van der Waals surface area contributed by atoms with Crippen molar-refractivity contribution in [3.63, 3.8) is 0 Å². The average molecular weight is 288 g/mol. The van der Waals surface area contributed by atoms with Gasteiger partial charge in [-0.25, -0.2) is 0 Å². The maximum Gasteiger partial charge on any atom is 0.0887 e. The molecule has 0 aliphatic rings. The fourth-order valence-corrected chi connectivity index (χ4v) is 3.50. The zero-order valence-corrected chi connectivity index (χ0v) is 15.2. The Balaban J connectivity index is 0. The van der Waals surface area contributed by atoms with Crippen molar-refractivity contribution in [1.29, 1.82) is 0 Å². The summed E-state index contributed by atoms with van der Waals surface area (Å²) in [5.41, 5.74) is 0. The molecular weight excluding hydrogens is 244 g/mol. The summed E-state index contributed by atoms with van der Waals surface area (Å²) in [6.07, 6.45) is 12.4.